The molecule has 0 fully saturated rings. The van der Waals surface area contributed by atoms with Gasteiger partial charge in [0.15, 0.2) is 27.0 Å². The fourth-order valence-electron chi connectivity index (χ4n) is 8.85. The van der Waals surface area contributed by atoms with Crippen molar-refractivity contribution in [1.29, 1.82) is 0 Å². The Morgan fingerprint density at radius 3 is 1.56 bits per heavy atom. The lowest BCUT2D eigenvalue weighted by molar-refractivity contribution is -0.388. The number of fused-ring (bicyclic) bond motifs is 3. The predicted octanol–water partition coefficient (Wildman–Crippen LogP) is 20.4. The number of pyridine rings is 2. The van der Waals surface area contributed by atoms with Gasteiger partial charge in [-0.2, -0.15) is 52.3 Å². The highest BCUT2D eigenvalue weighted by molar-refractivity contribution is 9.11. The van der Waals surface area contributed by atoms with Crippen molar-refractivity contribution < 1.29 is 160 Å². The molecule has 0 aliphatic carbocycles. The lowest BCUT2D eigenvalue weighted by atomic mass is 9.97. The fourth-order valence-corrected chi connectivity index (χ4v) is 11.2. The lowest BCUT2D eigenvalue weighted by Crippen LogP contribution is -2.27. The van der Waals surface area contributed by atoms with E-state index in [1.165, 1.54) is 38.3 Å². The van der Waals surface area contributed by atoms with Gasteiger partial charge in [0.05, 0.1) is 62.9 Å². The van der Waals surface area contributed by atoms with E-state index in [1.807, 2.05) is 61.6 Å². The normalized spacial score (nSPS) is 12.7. The Morgan fingerprint density at radius 1 is 0.702 bits per heavy atom. The van der Waals surface area contributed by atoms with E-state index in [-0.39, 0.29) is 69.8 Å². The third kappa shape index (κ3) is 40.2. The van der Waals surface area contributed by atoms with Crippen LogP contribution in [0.2, 0.25) is 19.6 Å². The number of benzene rings is 7. The number of nitrogens with zero attached hydrogens (tertiary/aromatic N) is 5. The number of nitro groups is 2. The Morgan fingerprint density at radius 2 is 1.12 bits per heavy atom. The van der Waals surface area contributed by atoms with Crippen molar-refractivity contribution in [3.05, 3.63) is 251 Å². The number of aldehydes is 2. The molecular formula is C73H72BrClF15N6O22PSSi. The zero-order chi connectivity index (χ0) is 92.8. The van der Waals surface area contributed by atoms with Crippen LogP contribution in [0.1, 0.15) is 81.4 Å². The van der Waals surface area contributed by atoms with Crippen LogP contribution in [-0.2, 0) is 44.1 Å². The number of alkyl halides is 9. The highest BCUT2D eigenvalue weighted by Crippen LogP contribution is 2.64. The molecule has 10 rings (SSSR count). The van der Waals surface area contributed by atoms with Crippen LogP contribution in [0.5, 0.6) is 23.0 Å². The van der Waals surface area contributed by atoms with Crippen LogP contribution in [0.15, 0.2) is 140 Å². The number of ether oxygens (including phenoxy) is 4. The number of aromatic hydroxyl groups is 1. The number of halogens is 17. The molecule has 3 unspecified atom stereocenters. The minimum Gasteiger partial charge on any atom is -0.507 e. The predicted molar refractivity (Wildman–Crippen MR) is 414 cm³/mol. The molecule has 660 valence electrons. The Kier molecular flexibility index (Phi) is 45.9. The lowest BCUT2D eigenvalue weighted by Gasteiger charge is -2.23. The van der Waals surface area contributed by atoms with E-state index in [0.717, 1.165) is 115 Å². The third-order valence-electron chi connectivity index (χ3n) is 13.7. The van der Waals surface area contributed by atoms with Crippen molar-refractivity contribution in [3.8, 4) is 23.0 Å². The molecular weight excluding hydrogens is 1800 g/mol. The first kappa shape index (κ1) is 108. The van der Waals surface area contributed by atoms with Gasteiger partial charge in [-0.15, -0.1) is 0 Å². The first-order valence-corrected chi connectivity index (χ1v) is 41.1. The Balaban J connectivity index is 0.000000684. The van der Waals surface area contributed by atoms with Gasteiger partial charge in [-0.05, 0) is 194 Å². The Hall–Kier alpha value is -11.2. The van der Waals surface area contributed by atoms with Crippen LogP contribution in [0.25, 0.3) is 26.7 Å². The minimum atomic E-state index is -4.30. The summed E-state index contributed by atoms with van der Waals surface area (Å²) in [6.45, 7) is 10.4. The number of phenolic OH excluding ortho intramolecular Hbond substituents is 1. The van der Waals surface area contributed by atoms with Gasteiger partial charge in [-0.25, -0.2) is 38.1 Å². The highest BCUT2D eigenvalue weighted by atomic mass is 79.9. The molecule has 5 N–H and O–H groups in total. The molecule has 121 heavy (non-hydrogen) atoms. The monoisotopic (exact) mass is 1870 g/mol. The van der Waals surface area contributed by atoms with Crippen molar-refractivity contribution in [2.45, 2.75) is 103 Å². The summed E-state index contributed by atoms with van der Waals surface area (Å²) in [7, 11) is -7.93. The number of aryl methyl sites for hydroxylation is 2. The average Bonchev–Trinajstić information content (AvgIpc) is 0.798. The molecule has 9 aromatic rings. The number of aliphatic hydroxyl groups is 1. The zero-order valence-corrected chi connectivity index (χ0v) is 69.2. The summed E-state index contributed by atoms with van der Waals surface area (Å²) in [6, 6.07) is 28.2. The van der Waals surface area contributed by atoms with Crippen molar-refractivity contribution in [2.75, 3.05) is 32.4 Å². The summed E-state index contributed by atoms with van der Waals surface area (Å²) in [5.41, 5.74) is 1.62. The Bertz CT molecular complexity index is 5140. The molecule has 0 spiro atoms. The molecule has 1 aliphatic rings. The van der Waals surface area contributed by atoms with E-state index in [9.17, 15) is 118 Å². The number of aliphatic carboxylic acids is 1. The topological polar surface area (TPSA) is 393 Å². The van der Waals surface area contributed by atoms with Crippen LogP contribution < -0.4 is 19.5 Å². The molecule has 3 heterocycles. The van der Waals surface area contributed by atoms with E-state index in [1.54, 1.807) is 25.1 Å². The van der Waals surface area contributed by atoms with E-state index >= 15 is 0 Å². The second kappa shape index (κ2) is 51.5. The maximum atomic E-state index is 13.3. The number of carboxylic acid groups (broad SMARTS) is 1. The first-order chi connectivity index (χ1) is 56.1. The molecule has 4 atom stereocenters. The van der Waals surface area contributed by atoms with E-state index in [0.29, 0.717) is 41.8 Å². The number of hydrogen-bond acceptors (Lipinski definition) is 23. The molecule has 0 radical (unpaired) electrons. The number of methoxy groups -OCH3 is 1. The van der Waals surface area contributed by atoms with E-state index in [2.05, 4.69) is 59.7 Å². The number of carboxylic acids is 1. The van der Waals surface area contributed by atoms with Crippen molar-refractivity contribution in [2.24, 2.45) is 0 Å². The van der Waals surface area contributed by atoms with Gasteiger partial charge in [0, 0.05) is 68.7 Å². The van der Waals surface area contributed by atoms with Gasteiger partial charge in [-0.1, -0.05) is 6.07 Å². The van der Waals surface area contributed by atoms with Crippen LogP contribution in [0, 0.1) is 81.4 Å². The first-order valence-electron chi connectivity index (χ1n) is 33.2. The summed E-state index contributed by atoms with van der Waals surface area (Å²) in [5.74, 6) is -7.54. The molecule has 0 bridgehead atoms. The fraction of sp³-hybridized carbons (Fsp3) is 0.274. The number of rotatable bonds is 19. The highest BCUT2D eigenvalue weighted by Gasteiger charge is 2.50. The minimum absolute atomic E-state index is 0.0160. The number of carbonyl (C=O) groups is 4. The number of nitro benzene ring substituents is 2. The smallest absolute Gasteiger partial charge is 0.410 e. The van der Waals surface area contributed by atoms with Crippen LogP contribution in [0.3, 0.4) is 0 Å². The largest absolute Gasteiger partial charge is 0.507 e. The second-order valence-electron chi connectivity index (χ2n) is 24.0. The van der Waals surface area contributed by atoms with E-state index < -0.39 is 136 Å². The second-order valence-corrected chi connectivity index (χ2v) is 34.1. The summed E-state index contributed by atoms with van der Waals surface area (Å²) in [6.07, 6.45) is -0.554. The number of aromatic nitrogens is 2. The van der Waals surface area contributed by atoms with Crippen molar-refractivity contribution >= 4 is 116 Å². The van der Waals surface area contributed by atoms with Crippen molar-refractivity contribution in [1.82, 2.24) is 9.97 Å². The molecule has 28 nitrogen and oxygen atoms in total. The summed E-state index contributed by atoms with van der Waals surface area (Å²) >= 11 is 6.52. The van der Waals surface area contributed by atoms with Gasteiger partial charge >= 0.3 is 61.0 Å². The molecule has 48 heteroatoms. The number of hydrogen-bond donors (Lipinski definition) is 5. The maximum Gasteiger partial charge on any atom is 0.410 e. The molecule has 1 aliphatic heterocycles. The van der Waals surface area contributed by atoms with Crippen molar-refractivity contribution in [3.63, 3.8) is 0 Å². The molecule has 0 saturated carbocycles. The number of phenols is 1. The summed E-state index contributed by atoms with van der Waals surface area (Å²) in [5, 5.41) is 52.0. The van der Waals surface area contributed by atoms with E-state index in [4.69, 9.17) is 30.9 Å². The average molecular weight is 1880 g/mol. The van der Waals surface area contributed by atoms with Gasteiger partial charge in [0.2, 0.25) is 11.6 Å². The number of carbonyl (C=O) groups excluding carboxylic acids is 3. The standard InChI is InChI=1S/C12H14F3NO2Si.C10H11FN2O2.C10H7FN2O2.C10H8FN.C9H7F3O4.C8H5F3O2.C7H5FO2.C4H8BrF2O3P.C2H3ClO2.CH4O3S/c1-16-11(18-19(2,3)4)9-7-8(13)5-6-10(9)17-12(14)15;2*1-6-2-3-7-9(12-6)5-4-8(11)10(7)13(14)15;1-7-2-3-8-6-9(11)4-5-10(8)12-7;10-4-1-2-6(16-9(11)12)5(3-4)7(13)8(14)15;9-6-1-2-7(13-8(10)11)5(3-6)4-12;8-6-1-2-7(10)5(3-6)4-9;1-3-10-11(8,9-2)4(5,6)7;1-5-2(3)4;1-5(2,3)4/h5-7,11-12H,2-4H3;4-6,12H,2-3H2,1H3;2-5H,1H3;2-6H,1H3;1-3,7,9,13H,(H,14,15);1-4,8H;1-4,10H;3H2,1-2H3;1H3;1H3,(H,2,3,4)/t;6-;;;;;;;;/m.0......../s1. The van der Waals surface area contributed by atoms with Gasteiger partial charge < -0.3 is 53.1 Å². The molecule has 0 amide bonds. The number of nitrogens with one attached hydrogen (secondary N) is 1. The van der Waals surface area contributed by atoms with Gasteiger partial charge in [0.25, 0.3) is 10.1 Å². The quantitative estimate of drug-likeness (QED) is 0.00479. The van der Waals surface area contributed by atoms with Crippen LogP contribution >= 0.6 is 35.1 Å². The molecule has 2 aromatic heterocycles. The molecule has 7 aromatic carbocycles. The van der Waals surface area contributed by atoms with Gasteiger partial charge in [0.1, 0.15) is 57.6 Å². The Labute approximate surface area is 692 Å². The SMILES string of the molecule is CCOP(=O)(OC)C(F)(F)Br.COC(=O)Cl.CS(=O)(=O)O.C[C@H]1CCc2c(ccc(F)c2[N+](=O)[O-])N1.Cc1ccc2c([N+](=O)[O-])c(F)ccc2n1.Cc1ccc2cc(F)ccc2n1.O=C(O)C(O)c1cc(F)ccc1OC(F)F.O=Cc1cc(F)ccc1O.O=Cc1cc(F)ccc1OC(F)F.[C-]#[N+]C(O[Si](C)(C)C)c1cc(F)ccc1OC(F)F. The molecule has 0 saturated heterocycles. The number of aliphatic hydroxyl groups excluding tert-OH is 1. The van der Waals surface area contributed by atoms with Crippen LogP contribution in [-0.4, -0.2) is 138 Å². The summed E-state index contributed by atoms with van der Waals surface area (Å²) < 4.78 is 250. The maximum absolute atomic E-state index is 13.3. The zero-order valence-electron chi connectivity index (χ0n) is 64.2. The third-order valence-corrected chi connectivity index (χ3v) is 17.8. The van der Waals surface area contributed by atoms with Gasteiger partial charge in [-0.3, -0.25) is 53.7 Å². The van der Waals surface area contributed by atoms with Crippen LogP contribution in [0.4, 0.5) is 87.7 Å². The number of anilines is 1. The summed E-state index contributed by atoms with van der Waals surface area (Å²) in [4.78, 5) is 71.7.